The van der Waals surface area contributed by atoms with Crippen molar-refractivity contribution in [3.8, 4) is 0 Å². The molecule has 1 aromatic carbocycles. The summed E-state index contributed by atoms with van der Waals surface area (Å²) in [5.41, 5.74) is 6.86. The zero-order valence-corrected chi connectivity index (χ0v) is 8.29. The summed E-state index contributed by atoms with van der Waals surface area (Å²) in [7, 11) is 0. The monoisotopic (exact) mass is 229 g/mol. The summed E-state index contributed by atoms with van der Waals surface area (Å²) in [6.07, 6.45) is 0.600. The highest BCUT2D eigenvalue weighted by atomic mass is 79.9. The maximum Gasteiger partial charge on any atom is 0.0449 e. The van der Waals surface area contributed by atoms with Crippen molar-refractivity contribution in [3.05, 3.63) is 34.3 Å². The molecule has 0 radical (unpaired) electrons. The third kappa shape index (κ3) is 2.30. The van der Waals surface area contributed by atoms with Crippen molar-refractivity contribution in [2.75, 3.05) is 6.61 Å². The minimum absolute atomic E-state index is 0.0782. The first kappa shape index (κ1) is 9.71. The maximum atomic E-state index is 8.69. The molecule has 0 aliphatic carbocycles. The molecule has 0 aliphatic rings. The van der Waals surface area contributed by atoms with Crippen molar-refractivity contribution in [3.63, 3.8) is 0 Å². The average molecular weight is 230 g/mol. The van der Waals surface area contributed by atoms with Gasteiger partial charge >= 0.3 is 0 Å². The van der Waals surface area contributed by atoms with Crippen LogP contribution in [0.2, 0.25) is 0 Å². The molecule has 2 nitrogen and oxygen atoms in total. The molecule has 0 saturated carbocycles. The summed E-state index contributed by atoms with van der Waals surface area (Å²) in [4.78, 5) is 0. The van der Waals surface area contributed by atoms with Crippen LogP contribution >= 0.6 is 15.9 Å². The SMILES string of the molecule is NC(CCO)c1ccccc1Br. The summed E-state index contributed by atoms with van der Waals surface area (Å²) < 4.78 is 1.01. The van der Waals surface area contributed by atoms with E-state index in [1.165, 1.54) is 0 Å². The fourth-order valence-corrected chi connectivity index (χ4v) is 1.65. The number of benzene rings is 1. The van der Waals surface area contributed by atoms with Crippen LogP contribution in [0.4, 0.5) is 0 Å². The minimum atomic E-state index is -0.0782. The topological polar surface area (TPSA) is 46.2 Å². The molecular formula is C9H12BrNO. The van der Waals surface area contributed by atoms with Crippen LogP contribution in [0.25, 0.3) is 0 Å². The van der Waals surface area contributed by atoms with Gasteiger partial charge in [0, 0.05) is 17.1 Å². The number of aliphatic hydroxyl groups is 1. The van der Waals surface area contributed by atoms with Crippen LogP contribution in [0.3, 0.4) is 0 Å². The predicted molar refractivity (Wildman–Crippen MR) is 52.8 cm³/mol. The quantitative estimate of drug-likeness (QED) is 0.832. The van der Waals surface area contributed by atoms with Crippen LogP contribution < -0.4 is 5.73 Å². The molecule has 12 heavy (non-hydrogen) atoms. The second-order valence-electron chi connectivity index (χ2n) is 2.64. The van der Waals surface area contributed by atoms with Crippen molar-refractivity contribution >= 4 is 15.9 Å². The molecule has 3 N–H and O–H groups in total. The van der Waals surface area contributed by atoms with E-state index in [0.29, 0.717) is 6.42 Å². The molecule has 0 aliphatic heterocycles. The molecule has 0 heterocycles. The third-order valence-electron chi connectivity index (χ3n) is 1.74. The Balaban J connectivity index is 2.79. The Morgan fingerprint density at radius 2 is 2.08 bits per heavy atom. The van der Waals surface area contributed by atoms with Gasteiger partial charge in [-0.05, 0) is 18.1 Å². The first-order valence-electron chi connectivity index (χ1n) is 3.86. The van der Waals surface area contributed by atoms with Gasteiger partial charge < -0.3 is 10.8 Å². The third-order valence-corrected chi connectivity index (χ3v) is 2.47. The lowest BCUT2D eigenvalue weighted by atomic mass is 10.1. The number of rotatable bonds is 3. The van der Waals surface area contributed by atoms with Gasteiger partial charge in [-0.15, -0.1) is 0 Å². The second kappa shape index (κ2) is 4.60. The normalized spacial score (nSPS) is 12.9. The molecular weight excluding hydrogens is 218 g/mol. The van der Waals surface area contributed by atoms with Gasteiger partial charge in [0.2, 0.25) is 0 Å². The summed E-state index contributed by atoms with van der Waals surface area (Å²) in [5.74, 6) is 0. The largest absolute Gasteiger partial charge is 0.396 e. The summed E-state index contributed by atoms with van der Waals surface area (Å²) in [6.45, 7) is 0.127. The Kier molecular flexibility index (Phi) is 3.72. The van der Waals surface area contributed by atoms with Gasteiger partial charge in [-0.3, -0.25) is 0 Å². The highest BCUT2D eigenvalue weighted by Gasteiger charge is 2.07. The van der Waals surface area contributed by atoms with Crippen LogP contribution in [0.15, 0.2) is 28.7 Å². The van der Waals surface area contributed by atoms with Crippen LogP contribution in [-0.2, 0) is 0 Å². The highest BCUT2D eigenvalue weighted by Crippen LogP contribution is 2.22. The van der Waals surface area contributed by atoms with Gasteiger partial charge in [0.25, 0.3) is 0 Å². The molecule has 0 fully saturated rings. The van der Waals surface area contributed by atoms with Gasteiger partial charge in [0.05, 0.1) is 0 Å². The average Bonchev–Trinajstić information content (AvgIpc) is 2.05. The Bertz CT molecular complexity index is 252. The second-order valence-corrected chi connectivity index (χ2v) is 3.49. The number of halogens is 1. The van der Waals surface area contributed by atoms with E-state index in [1.54, 1.807) is 0 Å². The van der Waals surface area contributed by atoms with E-state index >= 15 is 0 Å². The highest BCUT2D eigenvalue weighted by molar-refractivity contribution is 9.10. The van der Waals surface area contributed by atoms with E-state index in [4.69, 9.17) is 10.8 Å². The lowest BCUT2D eigenvalue weighted by Gasteiger charge is -2.11. The predicted octanol–water partition coefficient (Wildman–Crippen LogP) is 1.83. The molecule has 1 rings (SSSR count). The maximum absolute atomic E-state index is 8.69. The number of aliphatic hydroxyl groups excluding tert-OH is 1. The van der Waals surface area contributed by atoms with Gasteiger partial charge in [-0.25, -0.2) is 0 Å². The lowest BCUT2D eigenvalue weighted by molar-refractivity contribution is 0.276. The Hall–Kier alpha value is -0.380. The van der Waals surface area contributed by atoms with Crippen molar-refractivity contribution in [1.82, 2.24) is 0 Å². The molecule has 0 aromatic heterocycles. The van der Waals surface area contributed by atoms with Crippen molar-refractivity contribution in [2.24, 2.45) is 5.73 Å². The zero-order chi connectivity index (χ0) is 8.97. The first-order valence-corrected chi connectivity index (χ1v) is 4.66. The van der Waals surface area contributed by atoms with E-state index < -0.39 is 0 Å². The molecule has 1 unspecified atom stereocenters. The Morgan fingerprint density at radius 1 is 1.42 bits per heavy atom. The molecule has 3 heteroatoms. The van der Waals surface area contributed by atoms with E-state index in [0.717, 1.165) is 10.0 Å². The molecule has 0 bridgehead atoms. The number of nitrogens with two attached hydrogens (primary N) is 1. The van der Waals surface area contributed by atoms with E-state index in [2.05, 4.69) is 15.9 Å². The van der Waals surface area contributed by atoms with Gasteiger partial charge in [-0.1, -0.05) is 34.1 Å². The van der Waals surface area contributed by atoms with E-state index in [9.17, 15) is 0 Å². The molecule has 66 valence electrons. The zero-order valence-electron chi connectivity index (χ0n) is 6.70. The standard InChI is InChI=1S/C9H12BrNO/c10-8-4-2-1-3-7(8)9(11)5-6-12/h1-4,9,12H,5-6,11H2. The molecule has 0 saturated heterocycles. The van der Waals surface area contributed by atoms with Gasteiger partial charge in [-0.2, -0.15) is 0 Å². The fraction of sp³-hybridized carbons (Fsp3) is 0.333. The Labute approximate surface area is 80.5 Å². The minimum Gasteiger partial charge on any atom is -0.396 e. The summed E-state index contributed by atoms with van der Waals surface area (Å²) in [5, 5.41) is 8.69. The fourth-order valence-electron chi connectivity index (χ4n) is 1.07. The van der Waals surface area contributed by atoms with Crippen molar-refractivity contribution in [1.29, 1.82) is 0 Å². The van der Waals surface area contributed by atoms with Gasteiger partial charge in [0.1, 0.15) is 0 Å². The van der Waals surface area contributed by atoms with E-state index in [1.807, 2.05) is 24.3 Å². The molecule has 1 atom stereocenters. The summed E-state index contributed by atoms with van der Waals surface area (Å²) >= 11 is 3.41. The van der Waals surface area contributed by atoms with Crippen molar-refractivity contribution in [2.45, 2.75) is 12.5 Å². The molecule has 0 spiro atoms. The van der Waals surface area contributed by atoms with Crippen LogP contribution in [0.5, 0.6) is 0 Å². The summed E-state index contributed by atoms with van der Waals surface area (Å²) in [6, 6.07) is 7.72. The van der Waals surface area contributed by atoms with Crippen LogP contribution in [0, 0.1) is 0 Å². The molecule has 0 amide bonds. The number of hydrogen-bond donors (Lipinski definition) is 2. The van der Waals surface area contributed by atoms with Gasteiger partial charge in [0.15, 0.2) is 0 Å². The van der Waals surface area contributed by atoms with Crippen LogP contribution in [0.1, 0.15) is 18.0 Å². The van der Waals surface area contributed by atoms with E-state index in [-0.39, 0.29) is 12.6 Å². The van der Waals surface area contributed by atoms with Crippen molar-refractivity contribution < 1.29 is 5.11 Å². The first-order chi connectivity index (χ1) is 5.75. The van der Waals surface area contributed by atoms with Crippen LogP contribution in [-0.4, -0.2) is 11.7 Å². The molecule has 1 aromatic rings. The smallest absolute Gasteiger partial charge is 0.0449 e. The number of hydrogen-bond acceptors (Lipinski definition) is 2. The lowest BCUT2D eigenvalue weighted by Crippen LogP contribution is -2.12. The Morgan fingerprint density at radius 3 is 2.67 bits per heavy atom.